The van der Waals surface area contributed by atoms with Crippen LogP contribution in [0, 0.1) is 5.92 Å². The molecule has 98 valence electrons. The Bertz CT molecular complexity index is 682. The topological polar surface area (TPSA) is 0 Å². The van der Waals surface area contributed by atoms with Crippen LogP contribution in [0.25, 0.3) is 0 Å². The molecular formula is C20H18. The fourth-order valence-electron chi connectivity index (χ4n) is 3.27. The standard InChI is InChI=1S/C20H18/c1-2-6-18-12-15(11-17(18)5-1)9-10-16-13-19-7-3-4-8-20(19)14-16/h1-3,5-8,11-14,17H,4,9-10H2. The van der Waals surface area contributed by atoms with Gasteiger partial charge in [0.15, 0.2) is 0 Å². The van der Waals surface area contributed by atoms with Gasteiger partial charge in [-0.2, -0.15) is 0 Å². The molecule has 0 heterocycles. The van der Waals surface area contributed by atoms with Crippen molar-refractivity contribution in [2.75, 3.05) is 0 Å². The van der Waals surface area contributed by atoms with E-state index in [0.29, 0.717) is 5.92 Å². The maximum Gasteiger partial charge on any atom is 0.0207 e. The number of hydrogen-bond donors (Lipinski definition) is 0. The third-order valence-corrected chi connectivity index (χ3v) is 4.34. The van der Waals surface area contributed by atoms with Crippen molar-refractivity contribution < 1.29 is 0 Å². The Morgan fingerprint density at radius 1 is 0.900 bits per heavy atom. The predicted octanol–water partition coefficient (Wildman–Crippen LogP) is 5.13. The zero-order valence-corrected chi connectivity index (χ0v) is 11.5. The summed E-state index contributed by atoms with van der Waals surface area (Å²) < 4.78 is 0. The van der Waals surface area contributed by atoms with Gasteiger partial charge in [0, 0.05) is 5.92 Å². The zero-order chi connectivity index (χ0) is 13.4. The van der Waals surface area contributed by atoms with Crippen molar-refractivity contribution in [3.8, 4) is 0 Å². The first kappa shape index (κ1) is 11.7. The molecule has 0 saturated carbocycles. The summed E-state index contributed by atoms with van der Waals surface area (Å²) in [5, 5.41) is 0. The minimum atomic E-state index is 0.527. The molecule has 0 aromatic rings. The molecule has 0 spiro atoms. The van der Waals surface area contributed by atoms with E-state index in [1.807, 2.05) is 0 Å². The van der Waals surface area contributed by atoms with E-state index in [1.54, 1.807) is 0 Å². The summed E-state index contributed by atoms with van der Waals surface area (Å²) in [4.78, 5) is 0. The Hall–Kier alpha value is -2.08. The summed E-state index contributed by atoms with van der Waals surface area (Å²) in [6.07, 6.45) is 28.4. The van der Waals surface area contributed by atoms with Crippen LogP contribution >= 0.6 is 0 Å². The first-order chi connectivity index (χ1) is 9.88. The average molecular weight is 258 g/mol. The second kappa shape index (κ2) is 4.79. The Balaban J connectivity index is 1.44. The van der Waals surface area contributed by atoms with Crippen LogP contribution in [0.5, 0.6) is 0 Å². The highest BCUT2D eigenvalue weighted by Gasteiger charge is 2.17. The Labute approximate surface area is 120 Å². The number of rotatable bonds is 3. The van der Waals surface area contributed by atoms with Gasteiger partial charge in [0.05, 0.1) is 0 Å². The molecule has 0 N–H and O–H groups in total. The number of fused-ring (bicyclic) bond motifs is 2. The van der Waals surface area contributed by atoms with Crippen LogP contribution in [0.15, 0.2) is 94.7 Å². The van der Waals surface area contributed by atoms with Crippen LogP contribution in [-0.2, 0) is 0 Å². The monoisotopic (exact) mass is 258 g/mol. The number of allylic oxidation sites excluding steroid dienone is 16. The molecule has 20 heavy (non-hydrogen) atoms. The fourth-order valence-corrected chi connectivity index (χ4v) is 3.27. The highest BCUT2D eigenvalue weighted by atomic mass is 14.2. The van der Waals surface area contributed by atoms with Crippen molar-refractivity contribution in [2.24, 2.45) is 5.92 Å². The highest BCUT2D eigenvalue weighted by molar-refractivity contribution is 5.59. The van der Waals surface area contributed by atoms with Crippen LogP contribution in [0.3, 0.4) is 0 Å². The molecule has 0 bridgehead atoms. The van der Waals surface area contributed by atoms with Crippen molar-refractivity contribution in [2.45, 2.75) is 19.3 Å². The Morgan fingerprint density at radius 3 is 2.75 bits per heavy atom. The normalized spacial score (nSPS) is 25.6. The summed E-state index contributed by atoms with van der Waals surface area (Å²) in [6, 6.07) is 0. The van der Waals surface area contributed by atoms with E-state index in [1.165, 1.54) is 27.9 Å². The van der Waals surface area contributed by atoms with Crippen molar-refractivity contribution >= 4 is 0 Å². The van der Waals surface area contributed by atoms with Gasteiger partial charge in [-0.3, -0.25) is 0 Å². The minimum Gasteiger partial charge on any atom is -0.0801 e. The molecule has 4 aliphatic carbocycles. The maximum atomic E-state index is 2.41. The van der Waals surface area contributed by atoms with Gasteiger partial charge in [0.25, 0.3) is 0 Å². The lowest BCUT2D eigenvalue weighted by atomic mass is 9.98. The molecule has 0 fully saturated rings. The molecule has 0 aromatic carbocycles. The van der Waals surface area contributed by atoms with Crippen LogP contribution in [0.4, 0.5) is 0 Å². The highest BCUT2D eigenvalue weighted by Crippen LogP contribution is 2.34. The van der Waals surface area contributed by atoms with Gasteiger partial charge in [-0.15, -0.1) is 0 Å². The SMILES string of the molecule is C1=CC2=CC(CCC3=CC4=CCC=CC4=C3)=CC2C=C1. The third-order valence-electron chi connectivity index (χ3n) is 4.34. The molecule has 1 unspecified atom stereocenters. The molecular weight excluding hydrogens is 240 g/mol. The smallest absolute Gasteiger partial charge is 0.0207 e. The quantitative estimate of drug-likeness (QED) is 0.658. The lowest BCUT2D eigenvalue weighted by Gasteiger charge is -2.06. The second-order valence-electron chi connectivity index (χ2n) is 5.77. The lowest BCUT2D eigenvalue weighted by molar-refractivity contribution is 0.961. The third kappa shape index (κ3) is 2.12. The van der Waals surface area contributed by atoms with Gasteiger partial charge in [-0.25, -0.2) is 0 Å². The fraction of sp³-hybridized carbons (Fsp3) is 0.200. The van der Waals surface area contributed by atoms with E-state index in [9.17, 15) is 0 Å². The van der Waals surface area contributed by atoms with E-state index >= 15 is 0 Å². The molecule has 0 radical (unpaired) electrons. The van der Waals surface area contributed by atoms with Crippen LogP contribution in [0.1, 0.15) is 19.3 Å². The van der Waals surface area contributed by atoms with Crippen molar-refractivity contribution in [1.82, 2.24) is 0 Å². The van der Waals surface area contributed by atoms with Gasteiger partial charge < -0.3 is 0 Å². The van der Waals surface area contributed by atoms with Crippen molar-refractivity contribution in [1.29, 1.82) is 0 Å². The zero-order valence-electron chi connectivity index (χ0n) is 11.5. The van der Waals surface area contributed by atoms with Gasteiger partial charge in [-0.05, 0) is 41.6 Å². The molecule has 0 saturated heterocycles. The Kier molecular flexibility index (Phi) is 2.81. The molecule has 0 aromatic heterocycles. The summed E-state index contributed by atoms with van der Waals surface area (Å²) >= 11 is 0. The van der Waals surface area contributed by atoms with Gasteiger partial charge in [0.2, 0.25) is 0 Å². The lowest BCUT2D eigenvalue weighted by Crippen LogP contribution is -1.92. The first-order valence-corrected chi connectivity index (χ1v) is 7.45. The van der Waals surface area contributed by atoms with E-state index in [2.05, 4.69) is 66.8 Å². The predicted molar refractivity (Wildman–Crippen MR) is 85.2 cm³/mol. The van der Waals surface area contributed by atoms with Gasteiger partial charge >= 0.3 is 0 Å². The second-order valence-corrected chi connectivity index (χ2v) is 5.77. The summed E-state index contributed by atoms with van der Waals surface area (Å²) in [5.74, 6) is 0.527. The van der Waals surface area contributed by atoms with Crippen molar-refractivity contribution in [3.63, 3.8) is 0 Å². The van der Waals surface area contributed by atoms with E-state index < -0.39 is 0 Å². The summed E-state index contributed by atoms with van der Waals surface area (Å²) in [7, 11) is 0. The van der Waals surface area contributed by atoms with E-state index in [-0.39, 0.29) is 0 Å². The first-order valence-electron chi connectivity index (χ1n) is 7.45. The molecule has 1 atom stereocenters. The average Bonchev–Trinajstić information content (AvgIpc) is 3.07. The van der Waals surface area contributed by atoms with Crippen LogP contribution < -0.4 is 0 Å². The van der Waals surface area contributed by atoms with Crippen LogP contribution in [-0.4, -0.2) is 0 Å². The summed E-state index contributed by atoms with van der Waals surface area (Å²) in [5.41, 5.74) is 7.21. The molecule has 0 aliphatic heterocycles. The maximum absolute atomic E-state index is 2.41. The van der Waals surface area contributed by atoms with Gasteiger partial charge in [-0.1, -0.05) is 72.4 Å². The molecule has 4 aliphatic rings. The summed E-state index contributed by atoms with van der Waals surface area (Å²) in [6.45, 7) is 0. The molecule has 0 amide bonds. The van der Waals surface area contributed by atoms with Crippen molar-refractivity contribution in [3.05, 3.63) is 94.7 Å². The molecule has 4 rings (SSSR count). The minimum absolute atomic E-state index is 0.527. The Morgan fingerprint density at radius 2 is 1.85 bits per heavy atom. The van der Waals surface area contributed by atoms with Gasteiger partial charge in [0.1, 0.15) is 0 Å². The largest absolute Gasteiger partial charge is 0.0801 e. The molecule has 0 heteroatoms. The number of hydrogen-bond acceptors (Lipinski definition) is 0. The van der Waals surface area contributed by atoms with E-state index in [0.717, 1.165) is 19.3 Å². The van der Waals surface area contributed by atoms with E-state index in [4.69, 9.17) is 0 Å². The van der Waals surface area contributed by atoms with Crippen LogP contribution in [0.2, 0.25) is 0 Å². The molecule has 0 nitrogen and oxygen atoms in total.